The molecule has 1 aliphatic rings. The van der Waals surface area contributed by atoms with Crippen molar-refractivity contribution < 1.29 is 14.3 Å². The smallest absolute Gasteiger partial charge is 0.236 e. The Morgan fingerprint density at radius 3 is 2.50 bits per heavy atom. The van der Waals surface area contributed by atoms with Crippen LogP contribution in [0.15, 0.2) is 48.5 Å². The van der Waals surface area contributed by atoms with Crippen LogP contribution >= 0.6 is 0 Å². The molecule has 3 rings (SSSR count). The predicted molar refractivity (Wildman–Crippen MR) is 121 cm³/mol. The van der Waals surface area contributed by atoms with Crippen molar-refractivity contribution in [2.24, 2.45) is 11.3 Å². The lowest BCUT2D eigenvalue weighted by Crippen LogP contribution is -2.43. The summed E-state index contributed by atoms with van der Waals surface area (Å²) in [5, 5.41) is 3.03. The molecule has 0 fully saturated rings. The fourth-order valence-electron chi connectivity index (χ4n) is 3.76. The fourth-order valence-corrected chi connectivity index (χ4v) is 3.76. The van der Waals surface area contributed by atoms with Crippen molar-refractivity contribution in [1.29, 1.82) is 0 Å². The van der Waals surface area contributed by atoms with Crippen LogP contribution in [0.4, 0.5) is 11.4 Å². The highest BCUT2D eigenvalue weighted by Gasteiger charge is 2.38. The molecule has 0 spiro atoms. The Balaban J connectivity index is 1.87. The third kappa shape index (κ3) is 4.66. The van der Waals surface area contributed by atoms with E-state index in [1.54, 1.807) is 0 Å². The standard InChI is InChI=1S/C25H32N2O3/c1-6-20(18-10-8-7-9-11-18)23(28)26-19-12-13-21-22(14-19)30-16-25(4,5)24(29)27(21)15-17(2)3/h7-14,17,20H,6,15-16H2,1-5H3,(H,26,28). The summed E-state index contributed by atoms with van der Waals surface area (Å²) in [4.78, 5) is 27.8. The lowest BCUT2D eigenvalue weighted by Gasteiger charge is -2.29. The number of carbonyl (C=O) groups is 2. The van der Waals surface area contributed by atoms with Crippen LogP contribution in [-0.2, 0) is 9.59 Å². The average molecular weight is 409 g/mol. The number of hydrogen-bond donors (Lipinski definition) is 1. The minimum atomic E-state index is -0.613. The topological polar surface area (TPSA) is 58.6 Å². The van der Waals surface area contributed by atoms with Crippen LogP contribution in [0.3, 0.4) is 0 Å². The van der Waals surface area contributed by atoms with Crippen molar-refractivity contribution in [1.82, 2.24) is 0 Å². The molecule has 1 aliphatic heterocycles. The number of nitrogens with zero attached hydrogens (tertiary/aromatic N) is 1. The molecule has 30 heavy (non-hydrogen) atoms. The van der Waals surface area contributed by atoms with Gasteiger partial charge in [0, 0.05) is 18.3 Å². The van der Waals surface area contributed by atoms with Crippen molar-refractivity contribution >= 4 is 23.2 Å². The van der Waals surface area contributed by atoms with Crippen LogP contribution in [0.2, 0.25) is 0 Å². The molecule has 0 saturated heterocycles. The van der Waals surface area contributed by atoms with Crippen molar-refractivity contribution in [3.8, 4) is 5.75 Å². The Hall–Kier alpha value is -2.82. The van der Waals surface area contributed by atoms with E-state index in [4.69, 9.17) is 4.74 Å². The van der Waals surface area contributed by atoms with Crippen LogP contribution in [0.5, 0.6) is 5.75 Å². The van der Waals surface area contributed by atoms with Crippen molar-refractivity contribution in [3.63, 3.8) is 0 Å². The molecule has 2 amide bonds. The fraction of sp³-hybridized carbons (Fsp3) is 0.440. The molecule has 5 nitrogen and oxygen atoms in total. The number of hydrogen-bond acceptors (Lipinski definition) is 3. The van der Waals surface area contributed by atoms with Gasteiger partial charge in [-0.15, -0.1) is 0 Å². The number of rotatable bonds is 6. The summed E-state index contributed by atoms with van der Waals surface area (Å²) in [5.41, 5.74) is 1.81. The van der Waals surface area contributed by atoms with Gasteiger partial charge in [-0.3, -0.25) is 9.59 Å². The van der Waals surface area contributed by atoms with E-state index in [0.29, 0.717) is 36.9 Å². The number of benzene rings is 2. The highest BCUT2D eigenvalue weighted by molar-refractivity contribution is 6.00. The van der Waals surface area contributed by atoms with E-state index in [1.165, 1.54) is 0 Å². The molecule has 0 aliphatic carbocycles. The van der Waals surface area contributed by atoms with E-state index in [-0.39, 0.29) is 17.7 Å². The third-order valence-electron chi connectivity index (χ3n) is 5.41. The first-order chi connectivity index (χ1) is 14.2. The Kier molecular flexibility index (Phi) is 6.49. The lowest BCUT2D eigenvalue weighted by molar-refractivity contribution is -0.127. The predicted octanol–water partition coefficient (Wildman–Crippen LogP) is 5.23. The summed E-state index contributed by atoms with van der Waals surface area (Å²) < 4.78 is 6.03. The molecule has 1 heterocycles. The van der Waals surface area contributed by atoms with Gasteiger partial charge in [0.1, 0.15) is 12.4 Å². The van der Waals surface area contributed by atoms with E-state index < -0.39 is 5.41 Å². The maximum absolute atomic E-state index is 13.1. The molecule has 0 bridgehead atoms. The van der Waals surface area contributed by atoms with E-state index >= 15 is 0 Å². The molecule has 2 aromatic rings. The first-order valence-electron chi connectivity index (χ1n) is 10.7. The molecule has 160 valence electrons. The van der Waals surface area contributed by atoms with Crippen molar-refractivity contribution in [2.45, 2.75) is 47.0 Å². The molecular formula is C25H32N2O3. The highest BCUT2D eigenvalue weighted by Crippen LogP contribution is 2.38. The van der Waals surface area contributed by atoms with Crippen LogP contribution in [0, 0.1) is 11.3 Å². The Labute approximate surface area is 179 Å². The second-order valence-electron chi connectivity index (χ2n) is 9.03. The first kappa shape index (κ1) is 21.9. The van der Waals surface area contributed by atoms with Gasteiger partial charge in [-0.25, -0.2) is 0 Å². The molecular weight excluding hydrogens is 376 g/mol. The molecule has 5 heteroatoms. The summed E-state index contributed by atoms with van der Waals surface area (Å²) in [6.07, 6.45) is 0.710. The monoisotopic (exact) mass is 408 g/mol. The number of nitrogens with one attached hydrogen (secondary N) is 1. The SMILES string of the molecule is CCC(C(=O)Nc1ccc2c(c1)OCC(C)(C)C(=O)N2CC(C)C)c1ccccc1. The number of carbonyl (C=O) groups excluding carboxylic acids is 2. The molecule has 1 atom stereocenters. The lowest BCUT2D eigenvalue weighted by atomic mass is 9.92. The maximum Gasteiger partial charge on any atom is 0.236 e. The Morgan fingerprint density at radius 2 is 1.87 bits per heavy atom. The normalized spacial score (nSPS) is 16.5. The van der Waals surface area contributed by atoms with Crippen LogP contribution in [0.25, 0.3) is 0 Å². The summed E-state index contributed by atoms with van der Waals surface area (Å²) in [5.74, 6) is 0.741. The molecule has 0 saturated carbocycles. The third-order valence-corrected chi connectivity index (χ3v) is 5.41. The second kappa shape index (κ2) is 8.90. The molecule has 1 unspecified atom stereocenters. The zero-order valence-corrected chi connectivity index (χ0v) is 18.6. The van der Waals surface area contributed by atoms with Gasteiger partial charge in [0.2, 0.25) is 11.8 Å². The van der Waals surface area contributed by atoms with Gasteiger partial charge in [-0.2, -0.15) is 0 Å². The minimum Gasteiger partial charge on any atom is -0.490 e. The molecule has 2 aromatic carbocycles. The molecule has 0 aromatic heterocycles. The van der Waals surface area contributed by atoms with E-state index in [9.17, 15) is 9.59 Å². The maximum atomic E-state index is 13.1. The molecule has 0 radical (unpaired) electrons. The van der Waals surface area contributed by atoms with E-state index in [2.05, 4.69) is 19.2 Å². The van der Waals surface area contributed by atoms with Crippen LogP contribution in [-0.4, -0.2) is 25.0 Å². The van der Waals surface area contributed by atoms with E-state index in [0.717, 1.165) is 11.3 Å². The van der Waals surface area contributed by atoms with Gasteiger partial charge < -0.3 is 15.0 Å². The quantitative estimate of drug-likeness (QED) is 0.712. The van der Waals surface area contributed by atoms with Gasteiger partial charge in [0.05, 0.1) is 17.0 Å². The first-order valence-corrected chi connectivity index (χ1v) is 10.7. The number of fused-ring (bicyclic) bond motifs is 1. The minimum absolute atomic E-state index is 0.0484. The number of amides is 2. The van der Waals surface area contributed by atoms with Crippen molar-refractivity contribution in [2.75, 3.05) is 23.4 Å². The van der Waals surface area contributed by atoms with Gasteiger partial charge >= 0.3 is 0 Å². The Morgan fingerprint density at radius 1 is 1.17 bits per heavy atom. The largest absolute Gasteiger partial charge is 0.490 e. The van der Waals surface area contributed by atoms with Crippen LogP contribution in [0.1, 0.15) is 52.5 Å². The summed E-state index contributed by atoms with van der Waals surface area (Å²) in [6.45, 7) is 10.9. The zero-order valence-electron chi connectivity index (χ0n) is 18.6. The van der Waals surface area contributed by atoms with Crippen molar-refractivity contribution in [3.05, 3.63) is 54.1 Å². The van der Waals surface area contributed by atoms with E-state index in [1.807, 2.05) is 74.2 Å². The zero-order chi connectivity index (χ0) is 21.9. The average Bonchev–Trinajstić information content (AvgIpc) is 2.79. The second-order valence-corrected chi connectivity index (χ2v) is 9.03. The van der Waals surface area contributed by atoms with Crippen LogP contribution < -0.4 is 15.0 Å². The highest BCUT2D eigenvalue weighted by atomic mass is 16.5. The van der Waals surface area contributed by atoms with Gasteiger partial charge in [0.25, 0.3) is 0 Å². The van der Waals surface area contributed by atoms with Gasteiger partial charge in [-0.05, 0) is 43.9 Å². The number of anilines is 2. The molecule has 1 N–H and O–H groups in total. The summed E-state index contributed by atoms with van der Waals surface area (Å²) in [6, 6.07) is 15.3. The Bertz CT molecular complexity index is 906. The van der Waals surface area contributed by atoms with Gasteiger partial charge in [-0.1, -0.05) is 51.1 Å². The summed E-state index contributed by atoms with van der Waals surface area (Å²) >= 11 is 0. The van der Waals surface area contributed by atoms with Gasteiger partial charge in [0.15, 0.2) is 0 Å². The number of ether oxygens (including phenoxy) is 1. The summed E-state index contributed by atoms with van der Waals surface area (Å²) in [7, 11) is 0.